The largest absolute Gasteiger partial charge is 0.462 e. The first-order valence-electron chi connectivity index (χ1n) is 7.88. The lowest BCUT2D eigenvalue weighted by Crippen LogP contribution is -2.10. The summed E-state index contributed by atoms with van der Waals surface area (Å²) < 4.78 is 7.08. The molecule has 0 unspecified atom stereocenters. The van der Waals surface area contributed by atoms with Crippen LogP contribution in [-0.2, 0) is 4.74 Å². The van der Waals surface area contributed by atoms with Crippen LogP contribution in [0.3, 0.4) is 0 Å². The van der Waals surface area contributed by atoms with Crippen molar-refractivity contribution in [2.24, 2.45) is 5.92 Å². The molecule has 3 aromatic rings. The Morgan fingerprint density at radius 3 is 2.62 bits per heavy atom. The highest BCUT2D eigenvalue weighted by Crippen LogP contribution is 2.24. The van der Waals surface area contributed by atoms with Gasteiger partial charge in [0, 0.05) is 24.2 Å². The van der Waals surface area contributed by atoms with Crippen LogP contribution in [0.2, 0.25) is 0 Å². The molecule has 0 aliphatic carbocycles. The highest BCUT2D eigenvalue weighted by Gasteiger charge is 2.20. The van der Waals surface area contributed by atoms with Gasteiger partial charge in [0.1, 0.15) is 11.3 Å². The number of ether oxygens (including phenoxy) is 1. The third-order valence-electron chi connectivity index (χ3n) is 3.44. The SMILES string of the molecule is CC(C)COC(=O)c1cn(-c2ccccc2)nc1-c1cccnc1. The van der Waals surface area contributed by atoms with Gasteiger partial charge < -0.3 is 4.74 Å². The van der Waals surface area contributed by atoms with Gasteiger partial charge in [-0.3, -0.25) is 4.98 Å². The van der Waals surface area contributed by atoms with Crippen molar-refractivity contribution in [3.8, 4) is 16.9 Å². The molecule has 2 heterocycles. The molecule has 5 nitrogen and oxygen atoms in total. The number of para-hydroxylation sites is 1. The predicted octanol–water partition coefficient (Wildman–Crippen LogP) is 3.75. The van der Waals surface area contributed by atoms with Crippen LogP contribution in [0.4, 0.5) is 0 Å². The molecule has 1 aromatic carbocycles. The number of aromatic nitrogens is 3. The summed E-state index contributed by atoms with van der Waals surface area (Å²) in [5.41, 5.74) is 2.67. The van der Waals surface area contributed by atoms with E-state index >= 15 is 0 Å². The van der Waals surface area contributed by atoms with Crippen molar-refractivity contribution in [2.45, 2.75) is 13.8 Å². The van der Waals surface area contributed by atoms with Crippen molar-refractivity contribution in [3.05, 3.63) is 66.6 Å². The minimum atomic E-state index is -0.371. The smallest absolute Gasteiger partial charge is 0.342 e. The molecule has 5 heteroatoms. The molecule has 0 bridgehead atoms. The molecule has 122 valence electrons. The van der Waals surface area contributed by atoms with Crippen LogP contribution in [0.5, 0.6) is 0 Å². The Morgan fingerprint density at radius 1 is 1.17 bits per heavy atom. The van der Waals surface area contributed by atoms with Crippen LogP contribution < -0.4 is 0 Å². The molecule has 0 saturated heterocycles. The third-order valence-corrected chi connectivity index (χ3v) is 3.44. The molecule has 0 amide bonds. The van der Waals surface area contributed by atoms with Gasteiger partial charge in [-0.1, -0.05) is 32.0 Å². The first-order chi connectivity index (χ1) is 11.6. The zero-order valence-electron chi connectivity index (χ0n) is 13.7. The maximum atomic E-state index is 12.5. The number of nitrogens with zero attached hydrogens (tertiary/aromatic N) is 3. The van der Waals surface area contributed by atoms with Gasteiger partial charge >= 0.3 is 5.97 Å². The standard InChI is InChI=1S/C19H19N3O2/c1-14(2)13-24-19(23)17-12-22(16-8-4-3-5-9-16)21-18(17)15-7-6-10-20-11-15/h3-12,14H,13H2,1-2H3. The van der Waals surface area contributed by atoms with E-state index in [1.165, 1.54) is 0 Å². The Labute approximate surface area is 140 Å². The quantitative estimate of drug-likeness (QED) is 0.672. The minimum absolute atomic E-state index is 0.278. The van der Waals surface area contributed by atoms with E-state index in [2.05, 4.69) is 10.1 Å². The molecular formula is C19H19N3O2. The lowest BCUT2D eigenvalue weighted by atomic mass is 10.1. The van der Waals surface area contributed by atoms with Crippen LogP contribution >= 0.6 is 0 Å². The fourth-order valence-electron chi connectivity index (χ4n) is 2.27. The monoisotopic (exact) mass is 321 g/mol. The van der Waals surface area contributed by atoms with Crippen molar-refractivity contribution in [3.63, 3.8) is 0 Å². The number of benzene rings is 1. The van der Waals surface area contributed by atoms with Crippen molar-refractivity contribution in [1.29, 1.82) is 0 Å². The molecule has 0 saturated carbocycles. The summed E-state index contributed by atoms with van der Waals surface area (Å²) in [7, 11) is 0. The maximum Gasteiger partial charge on any atom is 0.342 e. The zero-order chi connectivity index (χ0) is 16.9. The van der Waals surface area contributed by atoms with E-state index < -0.39 is 0 Å². The lowest BCUT2D eigenvalue weighted by molar-refractivity contribution is 0.0460. The lowest BCUT2D eigenvalue weighted by Gasteiger charge is -2.06. The molecule has 0 N–H and O–H groups in total. The topological polar surface area (TPSA) is 57.0 Å². The highest BCUT2D eigenvalue weighted by atomic mass is 16.5. The van der Waals surface area contributed by atoms with Gasteiger partial charge in [0.15, 0.2) is 0 Å². The molecule has 0 atom stereocenters. The minimum Gasteiger partial charge on any atom is -0.462 e. The van der Waals surface area contributed by atoms with E-state index in [1.54, 1.807) is 23.3 Å². The maximum absolute atomic E-state index is 12.5. The summed E-state index contributed by atoms with van der Waals surface area (Å²) in [6.45, 7) is 4.38. The number of hydrogen-bond donors (Lipinski definition) is 0. The van der Waals surface area contributed by atoms with Crippen molar-refractivity contribution in [1.82, 2.24) is 14.8 Å². The van der Waals surface area contributed by atoms with E-state index in [0.717, 1.165) is 11.3 Å². The van der Waals surface area contributed by atoms with E-state index in [9.17, 15) is 4.79 Å². The molecule has 0 aliphatic heterocycles. The summed E-state index contributed by atoms with van der Waals surface area (Å²) in [6, 6.07) is 13.4. The number of pyridine rings is 1. The van der Waals surface area contributed by atoms with Crippen LogP contribution in [0.15, 0.2) is 61.1 Å². The first-order valence-corrected chi connectivity index (χ1v) is 7.88. The predicted molar refractivity (Wildman–Crippen MR) is 91.9 cm³/mol. The van der Waals surface area contributed by atoms with Crippen LogP contribution in [0.1, 0.15) is 24.2 Å². The Kier molecular flexibility index (Phi) is 4.70. The van der Waals surface area contributed by atoms with Crippen molar-refractivity contribution >= 4 is 5.97 Å². The van der Waals surface area contributed by atoms with Crippen LogP contribution in [0.25, 0.3) is 16.9 Å². The number of rotatable bonds is 5. The van der Waals surface area contributed by atoms with E-state index in [0.29, 0.717) is 17.9 Å². The second-order valence-electron chi connectivity index (χ2n) is 5.91. The fraction of sp³-hybridized carbons (Fsp3) is 0.211. The Morgan fingerprint density at radius 2 is 1.96 bits per heavy atom. The highest BCUT2D eigenvalue weighted by molar-refractivity contribution is 5.96. The molecule has 2 aromatic heterocycles. The molecule has 0 fully saturated rings. The van der Waals surface area contributed by atoms with Gasteiger partial charge in [-0.05, 0) is 30.2 Å². The van der Waals surface area contributed by atoms with Crippen LogP contribution in [-0.4, -0.2) is 27.3 Å². The Hall–Kier alpha value is -2.95. The summed E-state index contributed by atoms with van der Waals surface area (Å²) >= 11 is 0. The molecule has 24 heavy (non-hydrogen) atoms. The molecule has 0 radical (unpaired) electrons. The average molecular weight is 321 g/mol. The van der Waals surface area contributed by atoms with Gasteiger partial charge in [-0.25, -0.2) is 9.48 Å². The fourth-order valence-corrected chi connectivity index (χ4v) is 2.27. The van der Waals surface area contributed by atoms with Crippen molar-refractivity contribution in [2.75, 3.05) is 6.61 Å². The van der Waals surface area contributed by atoms with Crippen molar-refractivity contribution < 1.29 is 9.53 Å². The summed E-state index contributed by atoms with van der Waals surface area (Å²) in [4.78, 5) is 16.6. The normalized spacial score (nSPS) is 10.8. The molecule has 0 spiro atoms. The Bertz CT molecular complexity index is 811. The van der Waals surface area contributed by atoms with E-state index in [-0.39, 0.29) is 11.9 Å². The van der Waals surface area contributed by atoms with Crippen LogP contribution in [0, 0.1) is 5.92 Å². The zero-order valence-corrected chi connectivity index (χ0v) is 13.7. The van der Waals surface area contributed by atoms with E-state index in [4.69, 9.17) is 4.74 Å². The second-order valence-corrected chi connectivity index (χ2v) is 5.91. The molecule has 0 aliphatic rings. The second kappa shape index (κ2) is 7.08. The number of carbonyl (C=O) groups excluding carboxylic acids is 1. The van der Waals surface area contributed by atoms with Gasteiger partial charge in [-0.15, -0.1) is 0 Å². The van der Waals surface area contributed by atoms with Gasteiger partial charge in [-0.2, -0.15) is 5.10 Å². The first kappa shape index (κ1) is 15.9. The van der Waals surface area contributed by atoms with Gasteiger partial charge in [0.05, 0.1) is 12.3 Å². The number of esters is 1. The van der Waals surface area contributed by atoms with E-state index in [1.807, 2.05) is 56.3 Å². The third kappa shape index (κ3) is 3.51. The summed E-state index contributed by atoms with van der Waals surface area (Å²) in [5.74, 6) is -0.0929. The Balaban J connectivity index is 2.02. The average Bonchev–Trinajstić information content (AvgIpc) is 3.06. The molecular weight excluding hydrogens is 302 g/mol. The van der Waals surface area contributed by atoms with Gasteiger partial charge in [0.25, 0.3) is 0 Å². The summed E-state index contributed by atoms with van der Waals surface area (Å²) in [5, 5.41) is 4.57. The van der Waals surface area contributed by atoms with Gasteiger partial charge in [0.2, 0.25) is 0 Å². The summed E-state index contributed by atoms with van der Waals surface area (Å²) in [6.07, 6.45) is 5.09. The molecule has 3 rings (SSSR count). The number of hydrogen-bond acceptors (Lipinski definition) is 4. The number of carbonyl (C=O) groups is 1.